The number of fused-ring (bicyclic) bond motifs is 2. The number of nitrogens with one attached hydrogen (secondary N) is 1. The smallest absolute Gasteiger partial charge is 0.236 e. The van der Waals surface area contributed by atoms with E-state index in [1.54, 1.807) is 23.4 Å². The van der Waals surface area contributed by atoms with Crippen LogP contribution >= 0.6 is 0 Å². The quantitative estimate of drug-likeness (QED) is 0.611. The lowest BCUT2D eigenvalue weighted by atomic mass is 10.0. The predicted octanol–water partition coefficient (Wildman–Crippen LogP) is 3.61. The van der Waals surface area contributed by atoms with Crippen LogP contribution in [0.5, 0.6) is 0 Å². The van der Waals surface area contributed by atoms with Crippen LogP contribution in [0, 0.1) is 5.95 Å². The SMILES string of the molecule is Fc1ncc(N2C[C@@H]3C[C@H]2CO3)cc1Nc1cc(N2OCCC2c2ccccc2)ncn1. The molecule has 9 heteroatoms. The Morgan fingerprint density at radius 3 is 2.81 bits per heavy atom. The summed E-state index contributed by atoms with van der Waals surface area (Å²) >= 11 is 0. The lowest BCUT2D eigenvalue weighted by Gasteiger charge is -2.29. The summed E-state index contributed by atoms with van der Waals surface area (Å²) in [7, 11) is 0. The Morgan fingerprint density at radius 1 is 1.09 bits per heavy atom. The van der Waals surface area contributed by atoms with E-state index in [0.717, 1.165) is 30.6 Å². The molecule has 3 saturated heterocycles. The zero-order valence-electron chi connectivity index (χ0n) is 17.4. The van der Waals surface area contributed by atoms with Crippen LogP contribution in [0.1, 0.15) is 24.4 Å². The Hall–Kier alpha value is -3.30. The molecule has 1 N–H and O–H groups in total. The first-order valence-corrected chi connectivity index (χ1v) is 10.8. The van der Waals surface area contributed by atoms with Gasteiger partial charge in [-0.3, -0.25) is 4.84 Å². The molecule has 5 heterocycles. The summed E-state index contributed by atoms with van der Waals surface area (Å²) in [6, 6.07) is 14.1. The topological polar surface area (TPSA) is 75.6 Å². The second-order valence-electron chi connectivity index (χ2n) is 8.29. The van der Waals surface area contributed by atoms with Gasteiger partial charge in [-0.15, -0.1) is 0 Å². The van der Waals surface area contributed by atoms with Gasteiger partial charge < -0.3 is 15.0 Å². The highest BCUT2D eigenvalue weighted by Crippen LogP contribution is 2.36. The molecule has 3 fully saturated rings. The number of ether oxygens (including phenoxy) is 1. The number of anilines is 4. The summed E-state index contributed by atoms with van der Waals surface area (Å²) in [4.78, 5) is 20.7. The minimum absolute atomic E-state index is 0.0634. The largest absolute Gasteiger partial charge is 0.374 e. The molecule has 3 aliphatic rings. The summed E-state index contributed by atoms with van der Waals surface area (Å²) in [6.45, 7) is 2.12. The van der Waals surface area contributed by atoms with E-state index < -0.39 is 5.95 Å². The third-order valence-corrected chi connectivity index (χ3v) is 6.29. The Kier molecular flexibility index (Phi) is 4.84. The first kappa shape index (κ1) is 19.4. The molecule has 0 aliphatic carbocycles. The number of halogens is 1. The van der Waals surface area contributed by atoms with Crippen molar-refractivity contribution in [1.82, 2.24) is 15.0 Å². The second-order valence-corrected chi connectivity index (χ2v) is 8.29. The van der Waals surface area contributed by atoms with Gasteiger partial charge in [-0.2, -0.15) is 4.39 Å². The molecule has 1 unspecified atom stereocenters. The first-order chi connectivity index (χ1) is 15.7. The highest BCUT2D eigenvalue weighted by Gasteiger charge is 2.39. The third kappa shape index (κ3) is 3.53. The van der Waals surface area contributed by atoms with Crippen LogP contribution in [-0.2, 0) is 9.57 Å². The molecular weight excluding hydrogens is 411 g/mol. The van der Waals surface area contributed by atoms with Gasteiger partial charge in [0, 0.05) is 19.0 Å². The molecule has 0 spiro atoms. The predicted molar refractivity (Wildman–Crippen MR) is 117 cm³/mol. The Morgan fingerprint density at radius 2 is 2.00 bits per heavy atom. The van der Waals surface area contributed by atoms with Crippen molar-refractivity contribution in [3.05, 3.63) is 66.5 Å². The van der Waals surface area contributed by atoms with Gasteiger partial charge in [0.05, 0.1) is 49.0 Å². The Bertz CT molecular complexity index is 1120. The van der Waals surface area contributed by atoms with Crippen molar-refractivity contribution >= 4 is 23.0 Å². The second kappa shape index (κ2) is 7.99. The van der Waals surface area contributed by atoms with Crippen molar-refractivity contribution in [3.8, 4) is 0 Å². The summed E-state index contributed by atoms with van der Waals surface area (Å²) < 4.78 is 20.2. The number of morpholine rings is 1. The molecule has 8 nitrogen and oxygen atoms in total. The van der Waals surface area contributed by atoms with Crippen molar-refractivity contribution in [1.29, 1.82) is 0 Å². The van der Waals surface area contributed by atoms with Crippen LogP contribution in [-0.4, -0.2) is 46.9 Å². The first-order valence-electron chi connectivity index (χ1n) is 10.8. The lowest BCUT2D eigenvalue weighted by Crippen LogP contribution is -2.37. The molecule has 6 rings (SSSR count). The summed E-state index contributed by atoms with van der Waals surface area (Å²) in [5.41, 5.74) is 2.31. The Balaban J connectivity index is 1.24. The van der Waals surface area contributed by atoms with Crippen molar-refractivity contribution in [2.75, 3.05) is 35.0 Å². The molecule has 1 aromatic carbocycles. The van der Waals surface area contributed by atoms with Gasteiger partial charge in [-0.05, 0) is 18.1 Å². The molecule has 0 radical (unpaired) electrons. The van der Waals surface area contributed by atoms with E-state index in [0.29, 0.717) is 30.9 Å². The molecule has 2 aromatic heterocycles. The van der Waals surface area contributed by atoms with E-state index in [4.69, 9.17) is 9.57 Å². The van der Waals surface area contributed by atoms with Crippen LogP contribution in [0.3, 0.4) is 0 Å². The molecule has 0 saturated carbocycles. The highest BCUT2D eigenvalue weighted by atomic mass is 19.1. The van der Waals surface area contributed by atoms with Crippen molar-refractivity contribution in [2.24, 2.45) is 0 Å². The molecule has 32 heavy (non-hydrogen) atoms. The molecule has 3 aromatic rings. The number of hydrogen-bond donors (Lipinski definition) is 1. The van der Waals surface area contributed by atoms with Gasteiger partial charge in [0.2, 0.25) is 5.95 Å². The summed E-state index contributed by atoms with van der Waals surface area (Å²) in [5.74, 6) is 0.517. The van der Waals surface area contributed by atoms with Crippen LogP contribution in [0.2, 0.25) is 0 Å². The molecule has 164 valence electrons. The fraction of sp³-hybridized carbons (Fsp3) is 0.348. The summed E-state index contributed by atoms with van der Waals surface area (Å²) in [5, 5.41) is 4.87. The van der Waals surface area contributed by atoms with Gasteiger partial charge in [0.25, 0.3) is 0 Å². The fourth-order valence-electron chi connectivity index (χ4n) is 4.74. The van der Waals surface area contributed by atoms with E-state index in [-0.39, 0.29) is 17.8 Å². The number of pyridine rings is 1. The van der Waals surface area contributed by atoms with E-state index in [1.807, 2.05) is 18.2 Å². The normalized spacial score (nSPS) is 24.3. The van der Waals surface area contributed by atoms with E-state index in [9.17, 15) is 4.39 Å². The van der Waals surface area contributed by atoms with Gasteiger partial charge in [-0.25, -0.2) is 20.0 Å². The number of rotatable bonds is 5. The van der Waals surface area contributed by atoms with Gasteiger partial charge in [0.15, 0.2) is 5.82 Å². The summed E-state index contributed by atoms with van der Waals surface area (Å²) in [6.07, 6.45) is 5.15. The minimum Gasteiger partial charge on any atom is -0.374 e. The minimum atomic E-state index is -0.575. The van der Waals surface area contributed by atoms with Crippen LogP contribution in [0.25, 0.3) is 0 Å². The van der Waals surface area contributed by atoms with Crippen molar-refractivity contribution < 1.29 is 14.0 Å². The van der Waals surface area contributed by atoms with Crippen LogP contribution in [0.15, 0.2) is 55.0 Å². The van der Waals surface area contributed by atoms with Crippen LogP contribution in [0.4, 0.5) is 27.4 Å². The molecule has 3 aliphatic heterocycles. The molecular formula is C23H23FN6O2. The maximum Gasteiger partial charge on any atom is 0.236 e. The zero-order valence-corrected chi connectivity index (χ0v) is 17.4. The highest BCUT2D eigenvalue weighted by molar-refractivity contribution is 5.64. The third-order valence-electron chi connectivity index (χ3n) is 6.29. The molecule has 3 atom stereocenters. The molecule has 2 bridgehead atoms. The van der Waals surface area contributed by atoms with E-state index >= 15 is 0 Å². The van der Waals surface area contributed by atoms with E-state index in [2.05, 4.69) is 37.3 Å². The fourth-order valence-corrected chi connectivity index (χ4v) is 4.74. The number of benzene rings is 1. The standard InChI is InChI=1S/C23H23FN6O2/c24-23-19(9-16(11-25-23)29-12-18-8-17(29)13-31-18)28-21-10-22(27-14-26-21)30-20(6-7-32-30)15-4-2-1-3-5-15/h1-5,9-11,14,17-18,20H,6-8,12-13H2,(H,26,27,28)/t17-,18-,20?/m0/s1. The van der Waals surface area contributed by atoms with Crippen molar-refractivity contribution in [3.63, 3.8) is 0 Å². The average Bonchev–Trinajstić information content (AvgIpc) is 3.59. The van der Waals surface area contributed by atoms with Gasteiger partial charge in [0.1, 0.15) is 12.1 Å². The number of hydrogen-bond acceptors (Lipinski definition) is 8. The maximum absolute atomic E-state index is 14.5. The number of hydroxylamine groups is 1. The maximum atomic E-state index is 14.5. The average molecular weight is 434 g/mol. The van der Waals surface area contributed by atoms with Gasteiger partial charge in [-0.1, -0.05) is 30.3 Å². The number of nitrogens with zero attached hydrogens (tertiary/aromatic N) is 5. The Labute approximate surface area is 185 Å². The van der Waals surface area contributed by atoms with E-state index in [1.165, 1.54) is 6.33 Å². The monoisotopic (exact) mass is 434 g/mol. The molecule has 0 amide bonds. The van der Waals surface area contributed by atoms with Crippen LogP contribution < -0.4 is 15.3 Å². The van der Waals surface area contributed by atoms with Crippen molar-refractivity contribution in [2.45, 2.75) is 31.0 Å². The van der Waals surface area contributed by atoms with Gasteiger partial charge >= 0.3 is 0 Å². The zero-order chi connectivity index (χ0) is 21.5. The number of aromatic nitrogens is 3. The lowest BCUT2D eigenvalue weighted by molar-refractivity contribution is 0.0991.